The molecular weight excluding hydrogens is 516 g/mol. The number of hydrogen-bond acceptors (Lipinski definition) is 5. The average molecular weight is 552 g/mol. The molecule has 0 aliphatic carbocycles. The van der Waals surface area contributed by atoms with Crippen molar-refractivity contribution in [2.75, 3.05) is 5.75 Å². The van der Waals surface area contributed by atoms with E-state index in [2.05, 4.69) is 22.9 Å². The van der Waals surface area contributed by atoms with Gasteiger partial charge in [-0.1, -0.05) is 60.1 Å². The average Bonchev–Trinajstić information content (AvgIpc) is 2.75. The second-order valence-corrected chi connectivity index (χ2v) is 13.6. The van der Waals surface area contributed by atoms with Crippen molar-refractivity contribution in [2.45, 2.75) is 71.7 Å². The van der Waals surface area contributed by atoms with Gasteiger partial charge in [-0.25, -0.2) is 8.42 Å². The van der Waals surface area contributed by atoms with E-state index in [9.17, 15) is 18.0 Å². The van der Waals surface area contributed by atoms with Crippen LogP contribution in [0, 0.1) is 5.92 Å². The summed E-state index contributed by atoms with van der Waals surface area (Å²) in [4.78, 5) is 25.2. The Labute approximate surface area is 212 Å². The first-order valence-electron chi connectivity index (χ1n) is 11.5. The second kappa shape index (κ2) is 10.7. The number of halogens is 1. The highest BCUT2D eigenvalue weighted by Gasteiger charge is 2.37. The summed E-state index contributed by atoms with van der Waals surface area (Å²) in [7, 11) is -3.61. The minimum atomic E-state index is -3.61. The quantitative estimate of drug-likeness (QED) is 0.272. The number of carbonyl (C=O) groups is 2. The van der Waals surface area contributed by atoms with Crippen LogP contribution >= 0.6 is 15.9 Å². The molecule has 0 aliphatic heterocycles. The van der Waals surface area contributed by atoms with Crippen LogP contribution in [0.4, 0.5) is 0 Å². The predicted molar refractivity (Wildman–Crippen MR) is 140 cm³/mol. The summed E-state index contributed by atoms with van der Waals surface area (Å²) in [5, 5.41) is 0. The number of benzene rings is 2. The lowest BCUT2D eigenvalue weighted by Crippen LogP contribution is -2.34. The van der Waals surface area contributed by atoms with Crippen LogP contribution in [0.25, 0.3) is 0 Å². The molecule has 34 heavy (non-hydrogen) atoms. The Morgan fingerprint density at radius 1 is 1.00 bits per heavy atom. The summed E-state index contributed by atoms with van der Waals surface area (Å²) in [6, 6.07) is 12.5. The van der Waals surface area contributed by atoms with Gasteiger partial charge in [0, 0.05) is 15.6 Å². The maximum atomic E-state index is 13.2. The Kier molecular flexibility index (Phi) is 8.92. The van der Waals surface area contributed by atoms with Crippen molar-refractivity contribution in [1.29, 1.82) is 0 Å². The topological polar surface area (TPSA) is 77.5 Å². The molecule has 0 saturated carbocycles. The molecule has 0 radical (unpaired) electrons. The fourth-order valence-corrected chi connectivity index (χ4v) is 5.63. The molecule has 0 saturated heterocycles. The molecule has 2 rings (SSSR count). The van der Waals surface area contributed by atoms with E-state index < -0.39 is 32.1 Å². The van der Waals surface area contributed by atoms with E-state index in [1.807, 2.05) is 24.3 Å². The normalized spacial score (nSPS) is 13.4. The van der Waals surface area contributed by atoms with Crippen molar-refractivity contribution in [3.8, 4) is 0 Å². The maximum absolute atomic E-state index is 13.2. The Morgan fingerprint density at radius 2 is 1.59 bits per heavy atom. The largest absolute Gasteiger partial charge is 0.460 e. The summed E-state index contributed by atoms with van der Waals surface area (Å²) in [5.41, 5.74) is 2.15. The van der Waals surface area contributed by atoms with Gasteiger partial charge in [-0.05, 0) is 70.7 Å². The minimum Gasteiger partial charge on any atom is -0.460 e. The van der Waals surface area contributed by atoms with Crippen LogP contribution in [0.3, 0.4) is 0 Å². The Balaban J connectivity index is 2.20. The third kappa shape index (κ3) is 6.79. The van der Waals surface area contributed by atoms with Gasteiger partial charge >= 0.3 is 5.97 Å². The fourth-order valence-electron chi connectivity index (χ4n) is 3.41. The number of carbonyl (C=O) groups excluding carboxylic acids is 2. The van der Waals surface area contributed by atoms with E-state index in [-0.39, 0.29) is 18.0 Å². The first-order chi connectivity index (χ1) is 15.6. The van der Waals surface area contributed by atoms with Gasteiger partial charge in [-0.15, -0.1) is 0 Å². The van der Waals surface area contributed by atoms with Crippen molar-refractivity contribution in [2.24, 2.45) is 5.92 Å². The number of sulfone groups is 1. The Morgan fingerprint density at radius 3 is 2.09 bits per heavy atom. The summed E-state index contributed by atoms with van der Waals surface area (Å²) in [5.74, 6) is -1.22. The first kappa shape index (κ1) is 28.2. The van der Waals surface area contributed by atoms with E-state index in [0.717, 1.165) is 12.0 Å². The number of aryl methyl sites for hydroxylation is 1. The van der Waals surface area contributed by atoms with E-state index in [4.69, 9.17) is 4.74 Å². The number of esters is 1. The molecule has 1 atom stereocenters. The van der Waals surface area contributed by atoms with E-state index in [1.54, 1.807) is 59.7 Å². The van der Waals surface area contributed by atoms with E-state index >= 15 is 0 Å². The molecule has 5 nitrogen and oxygen atoms in total. The van der Waals surface area contributed by atoms with Crippen LogP contribution in [0.1, 0.15) is 81.9 Å². The molecule has 2 aromatic rings. The Hall–Kier alpha value is -1.99. The molecule has 0 aromatic heterocycles. The number of ketones is 1. The summed E-state index contributed by atoms with van der Waals surface area (Å²) >= 11 is 3.46. The van der Waals surface area contributed by atoms with Crippen LogP contribution in [0.15, 0.2) is 46.9 Å². The zero-order chi connectivity index (χ0) is 25.9. The molecule has 0 spiro atoms. The SMILES string of the molecule is CCc1ccc(C(=O)c2ccc(C(C)(C)S(=O)(=O)CCC(C)C(=O)OC(C)(C)C)cc2Br)cc1. The lowest BCUT2D eigenvalue weighted by atomic mass is 9.97. The molecule has 7 heteroatoms. The zero-order valence-electron chi connectivity index (χ0n) is 21.1. The van der Waals surface area contributed by atoms with Gasteiger partial charge < -0.3 is 4.74 Å². The molecular formula is C27H35BrO5S. The molecule has 0 aliphatic rings. The summed E-state index contributed by atoms with van der Waals surface area (Å²) in [6.45, 7) is 12.4. The molecule has 0 heterocycles. The fraction of sp³-hybridized carbons (Fsp3) is 0.481. The molecule has 0 bridgehead atoms. The highest BCUT2D eigenvalue weighted by molar-refractivity contribution is 9.10. The van der Waals surface area contributed by atoms with Crippen molar-refractivity contribution < 1.29 is 22.7 Å². The van der Waals surface area contributed by atoms with Gasteiger partial charge in [0.25, 0.3) is 0 Å². The minimum absolute atomic E-state index is 0.132. The van der Waals surface area contributed by atoms with Gasteiger partial charge in [0.05, 0.1) is 16.4 Å². The highest BCUT2D eigenvalue weighted by atomic mass is 79.9. The van der Waals surface area contributed by atoms with Crippen molar-refractivity contribution >= 4 is 37.5 Å². The molecule has 186 valence electrons. The van der Waals surface area contributed by atoms with Crippen molar-refractivity contribution in [1.82, 2.24) is 0 Å². The van der Waals surface area contributed by atoms with Gasteiger partial charge in [-0.3, -0.25) is 9.59 Å². The van der Waals surface area contributed by atoms with Crippen LogP contribution in [-0.2, 0) is 30.5 Å². The lowest BCUT2D eigenvalue weighted by molar-refractivity contribution is -0.159. The summed E-state index contributed by atoms with van der Waals surface area (Å²) in [6.07, 6.45) is 1.07. The number of rotatable bonds is 9. The Bertz CT molecular complexity index is 1140. The monoisotopic (exact) mass is 550 g/mol. The van der Waals surface area contributed by atoms with Gasteiger partial charge in [0.15, 0.2) is 15.6 Å². The van der Waals surface area contributed by atoms with E-state index in [1.165, 1.54) is 0 Å². The molecule has 0 amide bonds. The van der Waals surface area contributed by atoms with Crippen LogP contribution in [-0.4, -0.2) is 31.5 Å². The zero-order valence-corrected chi connectivity index (χ0v) is 23.5. The standard InChI is InChI=1S/C27H35BrO5S/c1-8-19-9-11-20(12-10-19)24(29)22-14-13-21(17-23(22)28)27(6,7)34(31,32)16-15-18(2)25(30)33-26(3,4)5/h9-14,17-18H,8,15-16H2,1-7H3. The van der Waals surface area contributed by atoms with Gasteiger partial charge in [0.1, 0.15) is 5.60 Å². The predicted octanol–water partition coefficient (Wildman–Crippen LogP) is 6.26. The van der Waals surface area contributed by atoms with Crippen LogP contribution in [0.2, 0.25) is 0 Å². The second-order valence-electron chi connectivity index (χ2n) is 10.1. The molecule has 0 N–H and O–H groups in total. The smallest absolute Gasteiger partial charge is 0.309 e. The van der Waals surface area contributed by atoms with E-state index in [0.29, 0.717) is 21.2 Å². The highest BCUT2D eigenvalue weighted by Crippen LogP contribution is 2.34. The maximum Gasteiger partial charge on any atom is 0.309 e. The van der Waals surface area contributed by atoms with Crippen LogP contribution < -0.4 is 0 Å². The van der Waals surface area contributed by atoms with Crippen molar-refractivity contribution in [3.63, 3.8) is 0 Å². The van der Waals surface area contributed by atoms with Crippen LogP contribution in [0.5, 0.6) is 0 Å². The van der Waals surface area contributed by atoms with Crippen molar-refractivity contribution in [3.05, 3.63) is 69.2 Å². The molecule has 2 aromatic carbocycles. The molecule has 0 fully saturated rings. The third-order valence-electron chi connectivity index (χ3n) is 5.94. The lowest BCUT2D eigenvalue weighted by Gasteiger charge is -2.27. The summed E-state index contributed by atoms with van der Waals surface area (Å²) < 4.78 is 31.2. The number of ether oxygens (including phenoxy) is 1. The van der Waals surface area contributed by atoms with Gasteiger partial charge in [-0.2, -0.15) is 0 Å². The first-order valence-corrected chi connectivity index (χ1v) is 13.9. The number of hydrogen-bond donors (Lipinski definition) is 0. The third-order valence-corrected chi connectivity index (χ3v) is 9.16. The molecule has 1 unspecified atom stereocenters. The van der Waals surface area contributed by atoms with Gasteiger partial charge in [0.2, 0.25) is 0 Å².